The number of rotatable bonds is 6. The van der Waals surface area contributed by atoms with Gasteiger partial charge in [-0.3, -0.25) is 9.59 Å². The lowest BCUT2D eigenvalue weighted by atomic mass is 10.1. The smallest absolute Gasteiger partial charge is 0.259 e. The molecule has 14 heteroatoms. The topological polar surface area (TPSA) is 101 Å². The second-order valence-electron chi connectivity index (χ2n) is 10.2. The van der Waals surface area contributed by atoms with Gasteiger partial charge in [0.05, 0.1) is 53.7 Å². The Morgan fingerprint density at radius 3 is 1.15 bits per heavy atom. The van der Waals surface area contributed by atoms with Gasteiger partial charge in [0.1, 0.15) is 33.2 Å². The second kappa shape index (κ2) is 13.0. The predicted molar refractivity (Wildman–Crippen MR) is 190 cm³/mol. The van der Waals surface area contributed by atoms with Gasteiger partial charge in [-0.15, -0.1) is 0 Å². The minimum Gasteiger partial charge on any atom is -0.454 e. The highest BCUT2D eigenvalue weighted by Gasteiger charge is 2.36. The first-order valence-electron chi connectivity index (χ1n) is 13.9. The maximum Gasteiger partial charge on any atom is 0.259 e. The van der Waals surface area contributed by atoms with Crippen molar-refractivity contribution in [3.8, 4) is 23.0 Å². The number of aliphatic imine (C=N–C) groups is 2. The SMILES string of the molecule is O=C1N/C(=N\c2ccc(/N=C3\NC(=O)c4c(Cl)c(Oc5ccccc5)c(Cl)c(Cl)c43)cc2)c2c(Cl)c(Cl)c(Oc3ccccc3)c(Cl)c21. The average molecular weight is 757 g/mol. The van der Waals surface area contributed by atoms with Gasteiger partial charge in [-0.1, -0.05) is 106 Å². The van der Waals surface area contributed by atoms with Gasteiger partial charge >= 0.3 is 0 Å². The molecule has 0 unspecified atom stereocenters. The quantitative estimate of drug-likeness (QED) is 0.168. The molecule has 2 N–H and O–H groups in total. The zero-order chi connectivity index (χ0) is 33.7. The third kappa shape index (κ3) is 5.75. The molecule has 0 aliphatic carbocycles. The van der Waals surface area contributed by atoms with E-state index in [2.05, 4.69) is 20.6 Å². The first kappa shape index (κ1) is 32.3. The zero-order valence-electron chi connectivity index (χ0n) is 23.9. The Balaban J connectivity index is 1.19. The van der Waals surface area contributed by atoms with Crippen molar-refractivity contribution in [1.82, 2.24) is 10.6 Å². The average Bonchev–Trinajstić information content (AvgIpc) is 3.60. The van der Waals surface area contributed by atoms with E-state index in [1.165, 1.54) is 0 Å². The molecule has 5 aromatic carbocycles. The van der Waals surface area contributed by atoms with Crippen molar-refractivity contribution in [1.29, 1.82) is 0 Å². The molecule has 0 fully saturated rings. The lowest BCUT2D eigenvalue weighted by molar-refractivity contribution is 0.0974. The first-order valence-corrected chi connectivity index (χ1v) is 16.2. The third-order valence-corrected chi connectivity index (χ3v) is 9.60. The summed E-state index contributed by atoms with van der Waals surface area (Å²) in [5, 5.41) is 5.52. The van der Waals surface area contributed by atoms with Crippen LogP contribution in [0.2, 0.25) is 30.1 Å². The molecule has 0 saturated carbocycles. The Hall–Kier alpha value is -4.28. The number of ether oxygens (including phenoxy) is 2. The van der Waals surface area contributed by atoms with Crippen LogP contribution in [0, 0.1) is 0 Å². The summed E-state index contributed by atoms with van der Waals surface area (Å²) < 4.78 is 11.7. The van der Waals surface area contributed by atoms with E-state index in [-0.39, 0.29) is 75.6 Å². The van der Waals surface area contributed by atoms with Crippen LogP contribution in [0.1, 0.15) is 31.8 Å². The van der Waals surface area contributed by atoms with Gasteiger partial charge in [0.2, 0.25) is 0 Å². The van der Waals surface area contributed by atoms with Crippen molar-refractivity contribution in [2.24, 2.45) is 9.98 Å². The van der Waals surface area contributed by atoms with Gasteiger partial charge in [-0.25, -0.2) is 9.98 Å². The molecule has 7 rings (SSSR count). The Labute approximate surface area is 302 Å². The van der Waals surface area contributed by atoms with Crippen LogP contribution >= 0.6 is 69.6 Å². The molecule has 48 heavy (non-hydrogen) atoms. The molecule has 0 spiro atoms. The standard InChI is InChI=1S/C34H16Cl6N4O4/c35-23-19-21(25(37)29(27(23)39)47-17-7-3-1-4-8-17)33(45)43-31(19)41-15-11-13-16(14-12-15)42-32-20-22(34(46)44-32)26(38)30(28(40)24(20)36)48-18-9-5-2-6-10-18/h1-14H,(H,41,43,45)(H,42,44,46). The molecule has 0 atom stereocenters. The molecule has 0 aromatic heterocycles. The molecule has 0 bridgehead atoms. The first-order chi connectivity index (χ1) is 23.1. The minimum absolute atomic E-state index is 0.00589. The van der Waals surface area contributed by atoms with Gasteiger partial charge in [0.15, 0.2) is 11.5 Å². The molecule has 2 aliphatic rings. The number of hydrogen-bond donors (Lipinski definition) is 2. The van der Waals surface area contributed by atoms with E-state index in [0.29, 0.717) is 22.9 Å². The number of amidine groups is 2. The number of amides is 2. The summed E-state index contributed by atoms with van der Waals surface area (Å²) >= 11 is 39.6. The Kier molecular flexibility index (Phi) is 8.72. The molecule has 0 radical (unpaired) electrons. The maximum absolute atomic E-state index is 13.0. The number of halogens is 6. The van der Waals surface area contributed by atoms with E-state index in [9.17, 15) is 9.59 Å². The fourth-order valence-corrected chi connectivity index (χ4v) is 6.75. The summed E-state index contributed by atoms with van der Waals surface area (Å²) in [6.45, 7) is 0. The Morgan fingerprint density at radius 1 is 0.438 bits per heavy atom. The van der Waals surface area contributed by atoms with Crippen molar-refractivity contribution in [3.63, 3.8) is 0 Å². The summed E-state index contributed by atoms with van der Waals surface area (Å²) in [6.07, 6.45) is 0. The maximum atomic E-state index is 13.0. The van der Waals surface area contributed by atoms with Crippen molar-refractivity contribution < 1.29 is 19.1 Å². The van der Waals surface area contributed by atoms with Crippen molar-refractivity contribution in [2.45, 2.75) is 0 Å². The van der Waals surface area contributed by atoms with Crippen LogP contribution in [0.5, 0.6) is 23.0 Å². The van der Waals surface area contributed by atoms with Crippen LogP contribution in [0.4, 0.5) is 11.4 Å². The highest BCUT2D eigenvalue weighted by molar-refractivity contribution is 6.51. The van der Waals surface area contributed by atoms with Crippen LogP contribution in [-0.4, -0.2) is 23.5 Å². The summed E-state index contributed by atoms with van der Waals surface area (Å²) in [7, 11) is 0. The molecular weight excluding hydrogens is 741 g/mol. The minimum atomic E-state index is -0.518. The monoisotopic (exact) mass is 754 g/mol. The van der Waals surface area contributed by atoms with E-state index in [4.69, 9.17) is 79.1 Å². The Morgan fingerprint density at radius 2 is 0.792 bits per heavy atom. The normalized spacial score (nSPS) is 15.0. The molecule has 8 nitrogen and oxygen atoms in total. The lowest BCUT2D eigenvalue weighted by Crippen LogP contribution is -2.21. The highest BCUT2D eigenvalue weighted by Crippen LogP contribution is 2.48. The zero-order valence-corrected chi connectivity index (χ0v) is 28.4. The lowest BCUT2D eigenvalue weighted by Gasteiger charge is -2.14. The van der Waals surface area contributed by atoms with Gasteiger partial charge in [0.25, 0.3) is 11.8 Å². The summed E-state index contributed by atoms with van der Waals surface area (Å²) in [5.74, 6) is 0.290. The molecular formula is C34H16Cl6N4O4. The van der Waals surface area contributed by atoms with Gasteiger partial charge in [-0.2, -0.15) is 0 Å². The number of carbonyl (C=O) groups excluding carboxylic acids is 2. The summed E-state index contributed by atoms with van der Waals surface area (Å²) in [4.78, 5) is 35.1. The molecule has 2 amide bonds. The van der Waals surface area contributed by atoms with E-state index < -0.39 is 11.8 Å². The number of para-hydroxylation sites is 2. The van der Waals surface area contributed by atoms with Crippen LogP contribution in [-0.2, 0) is 0 Å². The predicted octanol–water partition coefficient (Wildman–Crippen LogP) is 10.8. The number of hydrogen-bond acceptors (Lipinski definition) is 6. The Bertz CT molecular complexity index is 2070. The number of fused-ring (bicyclic) bond motifs is 2. The fourth-order valence-electron chi connectivity index (χ4n) is 5.03. The molecule has 5 aromatic rings. The summed E-state index contributed by atoms with van der Waals surface area (Å²) in [6, 6.07) is 24.2. The van der Waals surface area contributed by atoms with Crippen molar-refractivity contribution in [3.05, 3.63) is 137 Å². The fraction of sp³-hybridized carbons (Fsp3) is 0. The van der Waals surface area contributed by atoms with E-state index in [0.717, 1.165) is 0 Å². The molecule has 0 saturated heterocycles. The second-order valence-corrected chi connectivity index (χ2v) is 12.5. The van der Waals surface area contributed by atoms with E-state index in [1.807, 2.05) is 12.1 Å². The number of carbonyl (C=O) groups is 2. The van der Waals surface area contributed by atoms with E-state index >= 15 is 0 Å². The van der Waals surface area contributed by atoms with Crippen LogP contribution in [0.3, 0.4) is 0 Å². The van der Waals surface area contributed by atoms with Gasteiger partial charge in [-0.05, 0) is 48.5 Å². The molecule has 2 aliphatic heterocycles. The number of benzene rings is 5. The van der Waals surface area contributed by atoms with Crippen LogP contribution in [0.15, 0.2) is 94.9 Å². The van der Waals surface area contributed by atoms with Crippen LogP contribution < -0.4 is 20.1 Å². The van der Waals surface area contributed by atoms with Crippen LogP contribution in [0.25, 0.3) is 0 Å². The highest BCUT2D eigenvalue weighted by atomic mass is 35.5. The molecule has 2 heterocycles. The van der Waals surface area contributed by atoms with E-state index in [1.54, 1.807) is 72.8 Å². The largest absolute Gasteiger partial charge is 0.454 e. The number of nitrogens with zero attached hydrogens (tertiary/aromatic N) is 2. The summed E-state index contributed by atoms with van der Waals surface area (Å²) in [5.41, 5.74) is 1.54. The van der Waals surface area contributed by atoms with Crippen molar-refractivity contribution in [2.75, 3.05) is 0 Å². The molecule has 238 valence electrons. The van der Waals surface area contributed by atoms with Gasteiger partial charge in [0, 0.05) is 0 Å². The number of nitrogens with one attached hydrogen (secondary N) is 2. The third-order valence-electron chi connectivity index (χ3n) is 7.21. The van der Waals surface area contributed by atoms with Crippen molar-refractivity contribution >= 4 is 104 Å². The van der Waals surface area contributed by atoms with Gasteiger partial charge < -0.3 is 20.1 Å².